The van der Waals surface area contributed by atoms with Crippen molar-refractivity contribution in [1.29, 1.82) is 0 Å². The maximum absolute atomic E-state index is 13.0. The van der Waals surface area contributed by atoms with Gasteiger partial charge in [0.2, 0.25) is 0 Å². The first-order chi connectivity index (χ1) is 8.43. The molecule has 2 N–H and O–H groups in total. The van der Waals surface area contributed by atoms with Crippen LogP contribution >= 0.6 is 0 Å². The number of halogens is 1. The van der Waals surface area contributed by atoms with Crippen LogP contribution < -0.4 is 5.73 Å². The first-order valence-corrected chi connectivity index (χ1v) is 6.56. The minimum atomic E-state index is -0.162. The minimum absolute atomic E-state index is 0.162. The summed E-state index contributed by atoms with van der Waals surface area (Å²) in [5.74, 6) is -0.162. The summed E-state index contributed by atoms with van der Waals surface area (Å²) < 4.78 is 13.0. The van der Waals surface area contributed by atoms with E-state index >= 15 is 0 Å². The van der Waals surface area contributed by atoms with Crippen LogP contribution in [-0.2, 0) is 6.54 Å². The normalized spacial score (nSPS) is 12.1. The Labute approximate surface area is 110 Å². The molecule has 0 saturated carbocycles. The average molecular weight is 252 g/mol. The lowest BCUT2D eigenvalue weighted by Gasteiger charge is -2.24. The second kappa shape index (κ2) is 6.86. The Morgan fingerprint density at radius 3 is 2.67 bits per heavy atom. The Bertz CT molecular complexity index is 363. The predicted octanol–water partition coefficient (Wildman–Crippen LogP) is 3.02. The second-order valence-corrected chi connectivity index (χ2v) is 5.84. The van der Waals surface area contributed by atoms with E-state index in [2.05, 4.69) is 25.8 Å². The van der Waals surface area contributed by atoms with Gasteiger partial charge in [-0.05, 0) is 56.1 Å². The molecule has 0 aliphatic rings. The lowest BCUT2D eigenvalue weighted by Crippen LogP contribution is -2.26. The van der Waals surface area contributed by atoms with Crippen molar-refractivity contribution in [2.24, 2.45) is 11.1 Å². The molecule has 1 rings (SSSR count). The van der Waals surface area contributed by atoms with E-state index in [1.807, 2.05) is 6.07 Å². The summed E-state index contributed by atoms with van der Waals surface area (Å²) in [6.45, 7) is 6.92. The van der Waals surface area contributed by atoms with Gasteiger partial charge in [0.05, 0.1) is 0 Å². The molecule has 1 aromatic carbocycles. The number of hydrogen-bond donors (Lipinski definition) is 1. The molecule has 0 aliphatic carbocycles. The average Bonchev–Trinajstić information content (AvgIpc) is 2.28. The molecule has 0 amide bonds. The van der Waals surface area contributed by atoms with Crippen LogP contribution in [-0.4, -0.2) is 25.0 Å². The van der Waals surface area contributed by atoms with Crippen LogP contribution in [0.3, 0.4) is 0 Å². The summed E-state index contributed by atoms with van der Waals surface area (Å²) in [6.07, 6.45) is 2.24. The summed E-state index contributed by atoms with van der Waals surface area (Å²) in [7, 11) is 2.07. The highest BCUT2D eigenvalue weighted by Gasteiger charge is 2.14. The Balaban J connectivity index is 2.32. The van der Waals surface area contributed by atoms with Gasteiger partial charge in [0.25, 0.3) is 0 Å². The van der Waals surface area contributed by atoms with E-state index in [-0.39, 0.29) is 11.2 Å². The lowest BCUT2D eigenvalue weighted by atomic mass is 9.88. The van der Waals surface area contributed by atoms with Crippen LogP contribution in [0.25, 0.3) is 0 Å². The molecule has 3 heteroatoms. The Hall–Kier alpha value is -0.930. The van der Waals surface area contributed by atoms with Gasteiger partial charge in [0.15, 0.2) is 0 Å². The fourth-order valence-corrected chi connectivity index (χ4v) is 1.96. The molecule has 0 aromatic heterocycles. The molecule has 0 unspecified atom stereocenters. The quantitative estimate of drug-likeness (QED) is 0.808. The fraction of sp³-hybridized carbons (Fsp3) is 0.600. The summed E-state index contributed by atoms with van der Waals surface area (Å²) in [5.41, 5.74) is 6.95. The van der Waals surface area contributed by atoms with Crippen LogP contribution in [0.15, 0.2) is 24.3 Å². The molecule has 0 radical (unpaired) electrons. The van der Waals surface area contributed by atoms with Crippen molar-refractivity contribution in [3.63, 3.8) is 0 Å². The van der Waals surface area contributed by atoms with Gasteiger partial charge in [-0.1, -0.05) is 26.0 Å². The third-order valence-electron chi connectivity index (χ3n) is 3.29. The number of rotatable bonds is 7. The van der Waals surface area contributed by atoms with Crippen LogP contribution in [0, 0.1) is 11.2 Å². The van der Waals surface area contributed by atoms with Gasteiger partial charge < -0.3 is 10.6 Å². The van der Waals surface area contributed by atoms with Gasteiger partial charge in [-0.3, -0.25) is 0 Å². The molecular weight excluding hydrogens is 227 g/mol. The number of benzene rings is 1. The Morgan fingerprint density at radius 2 is 2.06 bits per heavy atom. The summed E-state index contributed by atoms with van der Waals surface area (Å²) in [5, 5.41) is 0. The second-order valence-electron chi connectivity index (χ2n) is 5.84. The number of hydrogen-bond acceptors (Lipinski definition) is 2. The van der Waals surface area contributed by atoms with E-state index in [1.165, 1.54) is 6.07 Å². The maximum Gasteiger partial charge on any atom is 0.123 e. The van der Waals surface area contributed by atoms with E-state index in [9.17, 15) is 4.39 Å². The first-order valence-electron chi connectivity index (χ1n) is 6.56. The van der Waals surface area contributed by atoms with E-state index in [0.717, 1.165) is 38.0 Å². The van der Waals surface area contributed by atoms with Crippen molar-refractivity contribution in [2.45, 2.75) is 33.2 Å². The zero-order valence-electron chi connectivity index (χ0n) is 11.7. The molecule has 0 aliphatic heterocycles. The standard InChI is InChI=1S/C15H25FN2/c1-15(2,12-17)8-5-9-18(3)11-13-6-4-7-14(16)10-13/h4,6-7,10H,5,8-9,11-12,17H2,1-3H3. The topological polar surface area (TPSA) is 29.3 Å². The SMILES string of the molecule is CN(CCCC(C)(C)CN)Cc1cccc(F)c1. The van der Waals surface area contributed by atoms with E-state index in [1.54, 1.807) is 12.1 Å². The molecule has 0 spiro atoms. The summed E-state index contributed by atoms with van der Waals surface area (Å²) in [4.78, 5) is 2.22. The molecule has 0 saturated heterocycles. The highest BCUT2D eigenvalue weighted by atomic mass is 19.1. The Morgan fingerprint density at radius 1 is 1.33 bits per heavy atom. The third kappa shape index (κ3) is 5.61. The Kier molecular flexibility index (Phi) is 5.76. The van der Waals surface area contributed by atoms with Crippen molar-refractivity contribution < 1.29 is 4.39 Å². The van der Waals surface area contributed by atoms with Crippen molar-refractivity contribution in [1.82, 2.24) is 4.90 Å². The molecule has 0 atom stereocenters. The lowest BCUT2D eigenvalue weighted by molar-refractivity contribution is 0.273. The monoisotopic (exact) mass is 252 g/mol. The minimum Gasteiger partial charge on any atom is -0.330 e. The molecule has 2 nitrogen and oxygen atoms in total. The highest BCUT2D eigenvalue weighted by Crippen LogP contribution is 2.20. The number of nitrogens with zero attached hydrogens (tertiary/aromatic N) is 1. The van der Waals surface area contributed by atoms with Crippen LogP contribution in [0.1, 0.15) is 32.3 Å². The van der Waals surface area contributed by atoms with Gasteiger partial charge >= 0.3 is 0 Å². The van der Waals surface area contributed by atoms with Crippen LogP contribution in [0.4, 0.5) is 4.39 Å². The molecule has 102 valence electrons. The van der Waals surface area contributed by atoms with Gasteiger partial charge in [0.1, 0.15) is 5.82 Å². The maximum atomic E-state index is 13.0. The van der Waals surface area contributed by atoms with Crippen molar-refractivity contribution >= 4 is 0 Å². The van der Waals surface area contributed by atoms with Crippen molar-refractivity contribution in [3.8, 4) is 0 Å². The van der Waals surface area contributed by atoms with Gasteiger partial charge in [0, 0.05) is 6.54 Å². The molecule has 0 heterocycles. The molecule has 0 fully saturated rings. The zero-order chi connectivity index (χ0) is 13.6. The van der Waals surface area contributed by atoms with Gasteiger partial charge in [-0.15, -0.1) is 0 Å². The summed E-state index contributed by atoms with van der Waals surface area (Å²) >= 11 is 0. The largest absolute Gasteiger partial charge is 0.330 e. The van der Waals surface area contributed by atoms with E-state index in [0.29, 0.717) is 0 Å². The van der Waals surface area contributed by atoms with Gasteiger partial charge in [-0.2, -0.15) is 0 Å². The third-order valence-corrected chi connectivity index (χ3v) is 3.29. The molecule has 18 heavy (non-hydrogen) atoms. The van der Waals surface area contributed by atoms with Crippen molar-refractivity contribution in [3.05, 3.63) is 35.6 Å². The molecule has 0 bridgehead atoms. The smallest absolute Gasteiger partial charge is 0.123 e. The predicted molar refractivity (Wildman–Crippen MR) is 74.8 cm³/mol. The van der Waals surface area contributed by atoms with Gasteiger partial charge in [-0.25, -0.2) is 4.39 Å². The van der Waals surface area contributed by atoms with E-state index < -0.39 is 0 Å². The molecule has 1 aromatic rings. The van der Waals surface area contributed by atoms with E-state index in [4.69, 9.17) is 5.73 Å². The number of nitrogens with two attached hydrogens (primary N) is 1. The first kappa shape index (κ1) is 15.1. The fourth-order valence-electron chi connectivity index (χ4n) is 1.96. The van der Waals surface area contributed by atoms with Crippen LogP contribution in [0.2, 0.25) is 0 Å². The summed E-state index contributed by atoms with van der Waals surface area (Å²) in [6, 6.07) is 6.80. The van der Waals surface area contributed by atoms with Crippen molar-refractivity contribution in [2.75, 3.05) is 20.1 Å². The molecular formula is C15H25FN2. The highest BCUT2D eigenvalue weighted by molar-refractivity contribution is 5.15. The zero-order valence-corrected chi connectivity index (χ0v) is 11.7. The van der Waals surface area contributed by atoms with Crippen LogP contribution in [0.5, 0.6) is 0 Å².